The second kappa shape index (κ2) is 7.60. The molecule has 0 N–H and O–H groups in total. The fraction of sp³-hybridized carbons (Fsp3) is 1.00. The summed E-state index contributed by atoms with van der Waals surface area (Å²) in [6.07, 6.45) is 0. The molecule has 0 amide bonds. The van der Waals surface area contributed by atoms with Gasteiger partial charge in [0.1, 0.15) is 0 Å². The van der Waals surface area contributed by atoms with Crippen molar-refractivity contribution in [3.05, 3.63) is 0 Å². The lowest BCUT2D eigenvalue weighted by atomic mass is 10.4. The van der Waals surface area contributed by atoms with Crippen molar-refractivity contribution in [2.45, 2.75) is 26.8 Å². The highest BCUT2D eigenvalue weighted by molar-refractivity contribution is 9.09. The van der Waals surface area contributed by atoms with Gasteiger partial charge in [0, 0.05) is 24.5 Å². The molecule has 6 heteroatoms. The Morgan fingerprint density at radius 2 is 2.00 bits per heavy atom. The molecule has 0 aromatic heterocycles. The second-order valence-corrected chi connectivity index (χ2v) is 6.24. The van der Waals surface area contributed by atoms with Crippen LogP contribution < -0.4 is 0 Å². The average molecular weight is 302 g/mol. The minimum Gasteiger partial charge on any atom is -0.381 e. The molecular weight excluding hydrogens is 282 g/mol. The van der Waals surface area contributed by atoms with Gasteiger partial charge < -0.3 is 4.74 Å². The zero-order valence-corrected chi connectivity index (χ0v) is 12.0. The molecule has 0 saturated carbocycles. The predicted molar refractivity (Wildman–Crippen MR) is 65.9 cm³/mol. The highest BCUT2D eigenvalue weighted by Crippen LogP contribution is 2.08. The first-order chi connectivity index (χ1) is 6.95. The van der Waals surface area contributed by atoms with E-state index < -0.39 is 10.0 Å². The van der Waals surface area contributed by atoms with Crippen LogP contribution in [0, 0.1) is 0 Å². The summed E-state index contributed by atoms with van der Waals surface area (Å²) in [4.78, 5) is 0. The second-order valence-electron chi connectivity index (χ2n) is 3.41. The molecule has 0 aromatic rings. The molecule has 0 unspecified atom stereocenters. The van der Waals surface area contributed by atoms with Crippen LogP contribution in [0.5, 0.6) is 0 Å². The maximum atomic E-state index is 11.9. The van der Waals surface area contributed by atoms with Crippen LogP contribution >= 0.6 is 15.9 Å². The highest BCUT2D eigenvalue weighted by Gasteiger charge is 2.23. The van der Waals surface area contributed by atoms with E-state index in [-0.39, 0.29) is 18.4 Å². The van der Waals surface area contributed by atoms with Crippen molar-refractivity contribution in [2.75, 3.05) is 30.8 Å². The van der Waals surface area contributed by atoms with Crippen LogP contribution in [0.3, 0.4) is 0 Å². The lowest BCUT2D eigenvalue weighted by Crippen LogP contribution is -2.40. The van der Waals surface area contributed by atoms with Gasteiger partial charge in [0.2, 0.25) is 10.0 Å². The maximum Gasteiger partial charge on any atom is 0.216 e. The van der Waals surface area contributed by atoms with E-state index in [4.69, 9.17) is 4.74 Å². The maximum absolute atomic E-state index is 11.9. The molecule has 0 heterocycles. The first kappa shape index (κ1) is 15.3. The van der Waals surface area contributed by atoms with E-state index in [0.29, 0.717) is 18.5 Å². The van der Waals surface area contributed by atoms with Crippen molar-refractivity contribution in [3.8, 4) is 0 Å². The van der Waals surface area contributed by atoms with Crippen LogP contribution in [0.15, 0.2) is 0 Å². The zero-order valence-electron chi connectivity index (χ0n) is 9.57. The zero-order chi connectivity index (χ0) is 11.9. The Bertz CT molecular complexity index is 254. The molecule has 0 radical (unpaired) electrons. The van der Waals surface area contributed by atoms with Crippen LogP contribution in [0.1, 0.15) is 20.8 Å². The normalized spacial score (nSPS) is 12.7. The first-order valence-electron chi connectivity index (χ1n) is 5.09. The molecule has 0 fully saturated rings. The van der Waals surface area contributed by atoms with Gasteiger partial charge in [-0.1, -0.05) is 15.9 Å². The fourth-order valence-electron chi connectivity index (χ4n) is 1.23. The van der Waals surface area contributed by atoms with Crippen LogP contribution in [0.25, 0.3) is 0 Å². The molecule has 0 atom stereocenters. The Morgan fingerprint density at radius 3 is 2.40 bits per heavy atom. The average Bonchev–Trinajstić information content (AvgIpc) is 2.13. The molecule has 0 saturated heterocycles. The smallest absolute Gasteiger partial charge is 0.216 e. The van der Waals surface area contributed by atoms with Crippen molar-refractivity contribution in [2.24, 2.45) is 0 Å². The number of rotatable bonds is 8. The highest BCUT2D eigenvalue weighted by atomic mass is 79.9. The number of halogens is 1. The van der Waals surface area contributed by atoms with Crippen molar-refractivity contribution in [3.63, 3.8) is 0 Å². The molecule has 0 rings (SSSR count). The van der Waals surface area contributed by atoms with Crippen molar-refractivity contribution in [1.82, 2.24) is 4.31 Å². The largest absolute Gasteiger partial charge is 0.381 e. The van der Waals surface area contributed by atoms with Crippen LogP contribution in [-0.4, -0.2) is 49.6 Å². The fourth-order valence-corrected chi connectivity index (χ4v) is 3.42. The summed E-state index contributed by atoms with van der Waals surface area (Å²) in [5.41, 5.74) is 0. The molecule has 0 aliphatic rings. The van der Waals surface area contributed by atoms with E-state index in [1.807, 2.05) is 20.8 Å². The van der Waals surface area contributed by atoms with E-state index >= 15 is 0 Å². The third-order valence-electron chi connectivity index (χ3n) is 1.93. The Labute approximate surface area is 101 Å². The van der Waals surface area contributed by atoms with Gasteiger partial charge in [-0.3, -0.25) is 0 Å². The molecule has 15 heavy (non-hydrogen) atoms. The topological polar surface area (TPSA) is 46.6 Å². The van der Waals surface area contributed by atoms with Gasteiger partial charge in [-0.15, -0.1) is 0 Å². The summed E-state index contributed by atoms with van der Waals surface area (Å²) < 4.78 is 30.3. The minimum absolute atomic E-state index is 0.00539. The third kappa shape index (κ3) is 5.85. The van der Waals surface area contributed by atoms with E-state index in [9.17, 15) is 8.42 Å². The first-order valence-corrected chi connectivity index (χ1v) is 7.82. The Morgan fingerprint density at radius 1 is 1.40 bits per heavy atom. The third-order valence-corrected chi connectivity index (χ3v) is 4.28. The van der Waals surface area contributed by atoms with E-state index in [1.165, 1.54) is 4.31 Å². The Kier molecular flexibility index (Phi) is 7.77. The van der Waals surface area contributed by atoms with Crippen LogP contribution in [-0.2, 0) is 14.8 Å². The van der Waals surface area contributed by atoms with Gasteiger partial charge in [0.05, 0.1) is 12.4 Å². The summed E-state index contributed by atoms with van der Waals surface area (Å²) in [6, 6.07) is -0.00539. The number of nitrogens with zero attached hydrogens (tertiary/aromatic N) is 1. The van der Waals surface area contributed by atoms with Gasteiger partial charge in [-0.05, 0) is 20.8 Å². The van der Waals surface area contributed by atoms with Gasteiger partial charge in [-0.25, -0.2) is 8.42 Å². The van der Waals surface area contributed by atoms with Gasteiger partial charge in [-0.2, -0.15) is 4.31 Å². The van der Waals surface area contributed by atoms with Gasteiger partial charge >= 0.3 is 0 Å². The van der Waals surface area contributed by atoms with Crippen molar-refractivity contribution in [1.29, 1.82) is 0 Å². The van der Waals surface area contributed by atoms with Crippen LogP contribution in [0.4, 0.5) is 0 Å². The van der Waals surface area contributed by atoms with Crippen molar-refractivity contribution < 1.29 is 13.2 Å². The minimum atomic E-state index is -3.18. The van der Waals surface area contributed by atoms with Crippen LogP contribution in [0.2, 0.25) is 0 Å². The van der Waals surface area contributed by atoms with Crippen molar-refractivity contribution >= 4 is 26.0 Å². The number of ether oxygens (including phenoxy) is 1. The quantitative estimate of drug-likeness (QED) is 0.504. The molecule has 0 bridgehead atoms. The summed E-state index contributed by atoms with van der Waals surface area (Å²) in [5, 5.41) is 0.652. The lowest BCUT2D eigenvalue weighted by molar-refractivity contribution is 0.162. The Hall–Kier alpha value is 0.350. The summed E-state index contributed by atoms with van der Waals surface area (Å²) in [5.74, 6) is 0.0615. The summed E-state index contributed by atoms with van der Waals surface area (Å²) in [6.45, 7) is 6.93. The van der Waals surface area contributed by atoms with E-state index in [2.05, 4.69) is 15.9 Å². The lowest BCUT2D eigenvalue weighted by Gasteiger charge is -2.24. The molecular formula is C9H20BrNO3S. The number of hydrogen-bond donors (Lipinski definition) is 0. The molecule has 0 aliphatic heterocycles. The summed E-state index contributed by atoms with van der Waals surface area (Å²) in [7, 11) is -3.18. The summed E-state index contributed by atoms with van der Waals surface area (Å²) >= 11 is 3.26. The standard InChI is InChI=1S/C9H20BrNO3S/c1-4-14-7-8-15(12,13)11(6-5-10)9(2)3/h9H,4-8H2,1-3H3. The number of alkyl halides is 1. The Balaban J connectivity index is 4.37. The molecule has 0 spiro atoms. The SMILES string of the molecule is CCOCCS(=O)(=O)N(CCBr)C(C)C. The number of sulfonamides is 1. The van der Waals surface area contributed by atoms with Gasteiger partial charge in [0.25, 0.3) is 0 Å². The molecule has 0 aromatic carbocycles. The molecule has 0 aliphatic carbocycles. The molecule has 4 nitrogen and oxygen atoms in total. The number of hydrogen-bond acceptors (Lipinski definition) is 3. The monoisotopic (exact) mass is 301 g/mol. The predicted octanol–water partition coefficient (Wildman–Crippen LogP) is 1.46. The van der Waals surface area contributed by atoms with E-state index in [1.54, 1.807) is 0 Å². The molecule has 92 valence electrons. The van der Waals surface area contributed by atoms with Gasteiger partial charge in [0.15, 0.2) is 0 Å². The van der Waals surface area contributed by atoms with E-state index in [0.717, 1.165) is 0 Å².